The predicted octanol–water partition coefficient (Wildman–Crippen LogP) is 1.14. The molecule has 0 bridgehead atoms. The Morgan fingerprint density at radius 1 is 1.46 bits per heavy atom. The molecule has 0 aromatic rings. The molecule has 3 heteroatoms. The number of aliphatic hydroxyl groups is 1. The smallest absolute Gasteiger partial charge is 0.0667 e. The molecule has 1 rings (SSSR count). The fourth-order valence-corrected chi connectivity index (χ4v) is 1.77. The Morgan fingerprint density at radius 3 is 3.00 bits per heavy atom. The second kappa shape index (κ2) is 5.95. The first-order chi connectivity index (χ1) is 6.33. The first-order valence-electron chi connectivity index (χ1n) is 5.10. The third-order valence-electron chi connectivity index (χ3n) is 2.49. The summed E-state index contributed by atoms with van der Waals surface area (Å²) in [6, 6.07) is 2.15. The van der Waals surface area contributed by atoms with Crippen molar-refractivity contribution in [3.8, 4) is 6.07 Å². The zero-order chi connectivity index (χ0) is 9.52. The van der Waals surface area contributed by atoms with Crippen molar-refractivity contribution < 1.29 is 5.11 Å². The van der Waals surface area contributed by atoms with Crippen LogP contribution in [0.15, 0.2) is 0 Å². The molecule has 0 saturated carbocycles. The highest BCUT2D eigenvalue weighted by Crippen LogP contribution is 2.10. The van der Waals surface area contributed by atoms with E-state index in [1.54, 1.807) is 0 Å². The highest BCUT2D eigenvalue weighted by atomic mass is 16.3. The van der Waals surface area contributed by atoms with E-state index in [0.29, 0.717) is 6.42 Å². The molecule has 0 spiro atoms. The lowest BCUT2D eigenvalue weighted by Gasteiger charge is -2.29. The van der Waals surface area contributed by atoms with E-state index in [-0.39, 0.29) is 6.10 Å². The molecule has 3 nitrogen and oxygen atoms in total. The molecule has 1 fully saturated rings. The number of hydrogen-bond donors (Lipinski definition) is 1. The molecule has 1 atom stereocenters. The Morgan fingerprint density at radius 2 is 2.31 bits per heavy atom. The lowest BCUT2D eigenvalue weighted by atomic mass is 10.1. The van der Waals surface area contributed by atoms with E-state index in [2.05, 4.69) is 11.0 Å². The number of hydrogen-bond acceptors (Lipinski definition) is 3. The number of nitrogens with zero attached hydrogens (tertiary/aromatic N) is 2. The van der Waals surface area contributed by atoms with Crippen LogP contribution in [0.4, 0.5) is 0 Å². The van der Waals surface area contributed by atoms with E-state index in [1.165, 1.54) is 0 Å². The molecule has 0 radical (unpaired) electrons. The van der Waals surface area contributed by atoms with Crippen LogP contribution in [0.5, 0.6) is 0 Å². The molecular weight excluding hydrogens is 164 g/mol. The van der Waals surface area contributed by atoms with Crippen molar-refractivity contribution in [2.45, 2.75) is 38.2 Å². The number of rotatable bonds is 4. The van der Waals surface area contributed by atoms with Crippen LogP contribution in [0.1, 0.15) is 32.1 Å². The maximum atomic E-state index is 9.39. The highest BCUT2D eigenvalue weighted by molar-refractivity contribution is 4.73. The second-order valence-electron chi connectivity index (χ2n) is 3.71. The highest BCUT2D eigenvalue weighted by Gasteiger charge is 2.16. The Balaban J connectivity index is 2.04. The summed E-state index contributed by atoms with van der Waals surface area (Å²) in [4.78, 5) is 2.30. The van der Waals surface area contributed by atoms with Crippen LogP contribution in [0.25, 0.3) is 0 Å². The topological polar surface area (TPSA) is 47.3 Å². The van der Waals surface area contributed by atoms with Gasteiger partial charge >= 0.3 is 0 Å². The van der Waals surface area contributed by atoms with Crippen LogP contribution < -0.4 is 0 Å². The van der Waals surface area contributed by atoms with Crippen molar-refractivity contribution in [3.05, 3.63) is 0 Å². The summed E-state index contributed by atoms with van der Waals surface area (Å²) < 4.78 is 0. The predicted molar refractivity (Wildman–Crippen MR) is 51.1 cm³/mol. The molecule has 74 valence electrons. The van der Waals surface area contributed by atoms with E-state index >= 15 is 0 Å². The number of unbranched alkanes of at least 4 members (excludes halogenated alkanes) is 2. The van der Waals surface area contributed by atoms with Gasteiger partial charge in [0.15, 0.2) is 0 Å². The minimum atomic E-state index is -0.121. The van der Waals surface area contributed by atoms with Gasteiger partial charge < -0.3 is 10.0 Å². The van der Waals surface area contributed by atoms with Gasteiger partial charge in [0.1, 0.15) is 0 Å². The van der Waals surface area contributed by atoms with Crippen LogP contribution in [0, 0.1) is 11.3 Å². The molecular formula is C10H18N2O. The molecule has 1 N–H and O–H groups in total. The number of likely N-dealkylation sites (tertiary alicyclic amines) is 1. The third kappa shape index (κ3) is 4.25. The molecule has 0 aromatic heterocycles. The average Bonchev–Trinajstić information content (AvgIpc) is 2.13. The number of nitriles is 1. The van der Waals surface area contributed by atoms with Crippen molar-refractivity contribution in [1.29, 1.82) is 5.26 Å². The van der Waals surface area contributed by atoms with Gasteiger partial charge in [-0.2, -0.15) is 5.26 Å². The summed E-state index contributed by atoms with van der Waals surface area (Å²) in [5.74, 6) is 0. The standard InChI is InChI=1S/C10H18N2O/c11-6-2-1-3-7-12-8-4-5-10(13)9-12/h10,13H,1-5,7-9H2. The molecule has 0 aliphatic carbocycles. The van der Waals surface area contributed by atoms with Crippen molar-refractivity contribution in [2.75, 3.05) is 19.6 Å². The third-order valence-corrected chi connectivity index (χ3v) is 2.49. The van der Waals surface area contributed by atoms with Crippen molar-refractivity contribution in [2.24, 2.45) is 0 Å². The van der Waals surface area contributed by atoms with Gasteiger partial charge in [0.2, 0.25) is 0 Å². The molecule has 0 aromatic carbocycles. The lowest BCUT2D eigenvalue weighted by Crippen LogP contribution is -2.38. The van der Waals surface area contributed by atoms with Gasteiger partial charge in [0, 0.05) is 13.0 Å². The van der Waals surface area contributed by atoms with Crippen LogP contribution in [-0.4, -0.2) is 35.7 Å². The van der Waals surface area contributed by atoms with E-state index < -0.39 is 0 Å². The van der Waals surface area contributed by atoms with Gasteiger partial charge in [-0.25, -0.2) is 0 Å². The van der Waals surface area contributed by atoms with Crippen molar-refractivity contribution >= 4 is 0 Å². The molecule has 1 saturated heterocycles. The van der Waals surface area contributed by atoms with Gasteiger partial charge in [-0.05, 0) is 38.8 Å². The van der Waals surface area contributed by atoms with Crippen LogP contribution >= 0.6 is 0 Å². The van der Waals surface area contributed by atoms with Gasteiger partial charge in [0.25, 0.3) is 0 Å². The molecule has 1 aliphatic heterocycles. The Labute approximate surface area is 80.0 Å². The summed E-state index contributed by atoms with van der Waals surface area (Å²) in [6.07, 6.45) is 4.68. The van der Waals surface area contributed by atoms with Gasteiger partial charge in [0.05, 0.1) is 12.2 Å². The molecule has 1 unspecified atom stereocenters. The Hall–Kier alpha value is -0.590. The van der Waals surface area contributed by atoms with Gasteiger partial charge in [-0.15, -0.1) is 0 Å². The molecule has 1 aliphatic rings. The first kappa shape index (κ1) is 10.5. The zero-order valence-electron chi connectivity index (χ0n) is 8.08. The molecule has 0 amide bonds. The maximum Gasteiger partial charge on any atom is 0.0667 e. The van der Waals surface area contributed by atoms with E-state index in [1.807, 2.05) is 0 Å². The fourth-order valence-electron chi connectivity index (χ4n) is 1.77. The largest absolute Gasteiger partial charge is 0.392 e. The van der Waals surface area contributed by atoms with E-state index in [9.17, 15) is 5.11 Å². The zero-order valence-corrected chi connectivity index (χ0v) is 8.08. The summed E-state index contributed by atoms with van der Waals surface area (Å²) in [7, 11) is 0. The Bertz CT molecular complexity index is 176. The molecule has 1 heterocycles. The number of β-amino-alcohol motifs (C(OH)–C–C–N with tert-alkyl or cyclic N) is 1. The van der Waals surface area contributed by atoms with Gasteiger partial charge in [-0.1, -0.05) is 0 Å². The van der Waals surface area contributed by atoms with Crippen LogP contribution in [0.2, 0.25) is 0 Å². The van der Waals surface area contributed by atoms with Crippen molar-refractivity contribution in [3.63, 3.8) is 0 Å². The average molecular weight is 182 g/mol. The quantitative estimate of drug-likeness (QED) is 0.663. The monoisotopic (exact) mass is 182 g/mol. The van der Waals surface area contributed by atoms with Crippen LogP contribution in [-0.2, 0) is 0 Å². The number of aliphatic hydroxyl groups excluding tert-OH is 1. The Kier molecular flexibility index (Phi) is 4.81. The SMILES string of the molecule is N#CCCCCN1CCCC(O)C1. The van der Waals surface area contributed by atoms with Crippen molar-refractivity contribution in [1.82, 2.24) is 4.90 Å². The van der Waals surface area contributed by atoms with Gasteiger partial charge in [-0.3, -0.25) is 0 Å². The lowest BCUT2D eigenvalue weighted by molar-refractivity contribution is 0.0699. The normalized spacial score (nSPS) is 24.2. The summed E-state index contributed by atoms with van der Waals surface area (Å²) in [5.41, 5.74) is 0. The first-order valence-corrected chi connectivity index (χ1v) is 5.10. The second-order valence-corrected chi connectivity index (χ2v) is 3.71. The number of piperidine rings is 1. The summed E-state index contributed by atoms with van der Waals surface area (Å²) in [5, 5.41) is 17.7. The van der Waals surface area contributed by atoms with Crippen LogP contribution in [0.3, 0.4) is 0 Å². The molecule has 13 heavy (non-hydrogen) atoms. The van der Waals surface area contributed by atoms with E-state index in [4.69, 9.17) is 5.26 Å². The summed E-state index contributed by atoms with van der Waals surface area (Å²) >= 11 is 0. The maximum absolute atomic E-state index is 9.39. The minimum Gasteiger partial charge on any atom is -0.392 e. The minimum absolute atomic E-state index is 0.121. The fraction of sp³-hybridized carbons (Fsp3) is 0.900. The summed E-state index contributed by atoms with van der Waals surface area (Å²) in [6.45, 7) is 2.98. The van der Waals surface area contributed by atoms with E-state index in [0.717, 1.165) is 45.3 Å².